The molecule has 2 atom stereocenters. The third-order valence-corrected chi connectivity index (χ3v) is 5.62. The highest BCUT2D eigenvalue weighted by atomic mass is 16.5. The van der Waals surface area contributed by atoms with Crippen LogP contribution in [0.4, 0.5) is 0 Å². The van der Waals surface area contributed by atoms with Gasteiger partial charge in [-0.1, -0.05) is 35.0 Å². The Bertz CT molecular complexity index is 910. The molecule has 0 radical (unpaired) electrons. The number of benzene rings is 1. The average molecular weight is 415 g/mol. The third kappa shape index (κ3) is 4.71. The average Bonchev–Trinajstić information content (AvgIpc) is 3.08. The summed E-state index contributed by atoms with van der Waals surface area (Å²) in [6.07, 6.45) is 0. The van der Waals surface area contributed by atoms with Gasteiger partial charge in [-0.3, -0.25) is 14.5 Å². The summed E-state index contributed by atoms with van der Waals surface area (Å²) < 4.78 is 10.3. The van der Waals surface area contributed by atoms with Gasteiger partial charge in [-0.2, -0.15) is 0 Å². The molecule has 30 heavy (non-hydrogen) atoms. The van der Waals surface area contributed by atoms with E-state index in [0.717, 1.165) is 5.56 Å². The van der Waals surface area contributed by atoms with Crippen molar-refractivity contribution in [3.8, 4) is 0 Å². The van der Waals surface area contributed by atoms with Crippen molar-refractivity contribution in [2.75, 3.05) is 27.2 Å². The number of aryl methyl sites for hydroxylation is 2. The van der Waals surface area contributed by atoms with E-state index in [9.17, 15) is 9.59 Å². The second kappa shape index (κ2) is 9.40. The van der Waals surface area contributed by atoms with Gasteiger partial charge in [-0.05, 0) is 26.3 Å². The molecule has 1 aliphatic rings. The number of piperazine rings is 1. The van der Waals surface area contributed by atoms with Gasteiger partial charge in [0.2, 0.25) is 5.91 Å². The summed E-state index contributed by atoms with van der Waals surface area (Å²) in [5, 5.41) is 6.86. The van der Waals surface area contributed by atoms with Gasteiger partial charge in [-0.25, -0.2) is 0 Å². The van der Waals surface area contributed by atoms with Crippen LogP contribution < -0.4 is 5.32 Å². The van der Waals surface area contributed by atoms with Gasteiger partial charge >= 0.3 is 0 Å². The predicted molar refractivity (Wildman–Crippen MR) is 112 cm³/mol. The lowest BCUT2D eigenvalue weighted by molar-refractivity contribution is -0.142. The van der Waals surface area contributed by atoms with Gasteiger partial charge in [0.25, 0.3) is 5.91 Å². The van der Waals surface area contributed by atoms with Crippen LogP contribution in [0.3, 0.4) is 0 Å². The third-order valence-electron chi connectivity index (χ3n) is 5.62. The molecule has 1 aromatic carbocycles. The normalized spacial score (nSPS) is 19.9. The number of carbonyl (C=O) groups is 2. The van der Waals surface area contributed by atoms with Gasteiger partial charge in [0.15, 0.2) is 5.69 Å². The maximum Gasteiger partial charge on any atom is 0.273 e. The number of hydrogen-bond donors (Lipinski definition) is 1. The number of nitrogens with one attached hydrogen (secondary N) is 1. The van der Waals surface area contributed by atoms with Crippen molar-refractivity contribution in [3.05, 3.63) is 52.4 Å². The van der Waals surface area contributed by atoms with Gasteiger partial charge in [0, 0.05) is 39.8 Å². The number of amides is 2. The molecule has 1 aliphatic heterocycles. The number of likely N-dealkylation sites (N-methyl/N-ethyl adjacent to an activating group) is 1. The van der Waals surface area contributed by atoms with Crippen molar-refractivity contribution in [2.45, 2.75) is 46.0 Å². The van der Waals surface area contributed by atoms with Crippen molar-refractivity contribution in [1.29, 1.82) is 0 Å². The molecule has 3 rings (SSSR count). The van der Waals surface area contributed by atoms with Crippen molar-refractivity contribution in [2.24, 2.45) is 0 Å². The minimum absolute atomic E-state index is 0.0222. The molecule has 8 heteroatoms. The number of carbonyl (C=O) groups excluding carboxylic acids is 2. The van der Waals surface area contributed by atoms with Crippen LogP contribution in [0.2, 0.25) is 0 Å². The van der Waals surface area contributed by atoms with Gasteiger partial charge in [0.05, 0.1) is 18.2 Å². The van der Waals surface area contributed by atoms with E-state index in [-0.39, 0.29) is 36.2 Å². The lowest BCUT2D eigenvalue weighted by Crippen LogP contribution is -2.62. The minimum Gasteiger partial charge on any atom is -0.380 e. The molecule has 0 spiro atoms. The number of rotatable bonds is 7. The van der Waals surface area contributed by atoms with E-state index >= 15 is 0 Å². The van der Waals surface area contributed by atoms with Crippen LogP contribution >= 0.6 is 0 Å². The zero-order valence-corrected chi connectivity index (χ0v) is 18.3. The van der Waals surface area contributed by atoms with E-state index < -0.39 is 0 Å². The van der Waals surface area contributed by atoms with Crippen molar-refractivity contribution in [3.63, 3.8) is 0 Å². The largest absolute Gasteiger partial charge is 0.380 e. The highest BCUT2D eigenvalue weighted by Crippen LogP contribution is 2.20. The number of ether oxygens (including phenoxy) is 1. The Morgan fingerprint density at radius 1 is 1.37 bits per heavy atom. The lowest BCUT2D eigenvalue weighted by atomic mass is 10.0. The van der Waals surface area contributed by atoms with Crippen LogP contribution in [-0.2, 0) is 22.7 Å². The quantitative estimate of drug-likeness (QED) is 0.745. The summed E-state index contributed by atoms with van der Waals surface area (Å²) in [5.74, 6) is 0.348. The fraction of sp³-hybridized carbons (Fsp3) is 0.500. The van der Waals surface area contributed by atoms with Crippen LogP contribution in [0, 0.1) is 13.8 Å². The fourth-order valence-electron chi connectivity index (χ4n) is 3.94. The van der Waals surface area contributed by atoms with Gasteiger partial charge in [0.1, 0.15) is 5.76 Å². The van der Waals surface area contributed by atoms with E-state index in [1.54, 1.807) is 26.0 Å². The number of aromatic nitrogens is 1. The van der Waals surface area contributed by atoms with E-state index in [4.69, 9.17) is 9.26 Å². The van der Waals surface area contributed by atoms with Crippen molar-refractivity contribution < 1.29 is 18.8 Å². The molecular formula is C22H30N4O4. The fourth-order valence-corrected chi connectivity index (χ4v) is 3.94. The smallest absolute Gasteiger partial charge is 0.273 e. The SMILES string of the molecule is COCc1c(C(=O)NC[C@@H]2CN(C)C(=O)[C@H](C)N2Cc2cccc(C)c2)noc1C. The molecule has 0 unspecified atom stereocenters. The van der Waals surface area contributed by atoms with E-state index in [1.807, 2.05) is 13.0 Å². The molecule has 2 heterocycles. The molecule has 0 bridgehead atoms. The Morgan fingerprint density at radius 3 is 2.83 bits per heavy atom. The lowest BCUT2D eigenvalue weighted by Gasteiger charge is -2.44. The summed E-state index contributed by atoms with van der Waals surface area (Å²) in [6.45, 7) is 7.56. The van der Waals surface area contributed by atoms with Crippen molar-refractivity contribution in [1.82, 2.24) is 20.3 Å². The molecule has 8 nitrogen and oxygen atoms in total. The number of nitrogens with zero attached hydrogens (tertiary/aromatic N) is 3. The van der Waals surface area contributed by atoms with E-state index in [1.165, 1.54) is 5.56 Å². The topological polar surface area (TPSA) is 87.9 Å². The first-order chi connectivity index (χ1) is 14.3. The standard InChI is InChI=1S/C22H30N4O4/c1-14-7-6-8-17(9-14)11-26-15(2)22(28)25(4)12-18(26)10-23-21(27)20-19(13-29-5)16(3)30-24-20/h6-9,15,18H,10-13H2,1-5H3,(H,23,27)/t15-,18+/m0/s1. The Labute approximate surface area is 177 Å². The highest BCUT2D eigenvalue weighted by molar-refractivity contribution is 5.93. The summed E-state index contributed by atoms with van der Waals surface area (Å²) >= 11 is 0. The molecule has 1 N–H and O–H groups in total. The molecule has 0 saturated carbocycles. The monoisotopic (exact) mass is 414 g/mol. The minimum atomic E-state index is -0.304. The molecular weight excluding hydrogens is 384 g/mol. The Kier molecular flexibility index (Phi) is 6.89. The Hall–Kier alpha value is -2.71. The first-order valence-corrected chi connectivity index (χ1v) is 10.1. The summed E-state index contributed by atoms with van der Waals surface area (Å²) in [4.78, 5) is 29.2. The van der Waals surface area contributed by atoms with Gasteiger partial charge < -0.3 is 19.5 Å². The summed E-state index contributed by atoms with van der Waals surface area (Å²) in [5.41, 5.74) is 3.21. The van der Waals surface area contributed by atoms with Crippen LogP contribution in [-0.4, -0.2) is 66.1 Å². The molecule has 162 valence electrons. The Morgan fingerprint density at radius 2 is 2.13 bits per heavy atom. The van der Waals surface area contributed by atoms with Crippen molar-refractivity contribution >= 4 is 11.8 Å². The summed E-state index contributed by atoms with van der Waals surface area (Å²) in [7, 11) is 3.36. The van der Waals surface area contributed by atoms with E-state index in [0.29, 0.717) is 31.0 Å². The Balaban J connectivity index is 1.74. The molecule has 0 aliphatic carbocycles. The first-order valence-electron chi connectivity index (χ1n) is 10.1. The maximum absolute atomic E-state index is 12.7. The second-order valence-corrected chi connectivity index (χ2v) is 7.92. The van der Waals surface area contributed by atoms with E-state index in [2.05, 4.69) is 40.5 Å². The van der Waals surface area contributed by atoms with Crippen LogP contribution in [0.25, 0.3) is 0 Å². The van der Waals surface area contributed by atoms with Crippen LogP contribution in [0.15, 0.2) is 28.8 Å². The predicted octanol–water partition coefficient (Wildman–Crippen LogP) is 1.90. The molecule has 2 aromatic rings. The number of methoxy groups -OCH3 is 1. The highest BCUT2D eigenvalue weighted by Gasteiger charge is 2.36. The zero-order valence-electron chi connectivity index (χ0n) is 18.3. The first kappa shape index (κ1) is 22.0. The van der Waals surface area contributed by atoms with Crippen LogP contribution in [0.1, 0.15) is 39.9 Å². The zero-order chi connectivity index (χ0) is 21.8. The molecule has 1 aromatic heterocycles. The molecule has 1 saturated heterocycles. The van der Waals surface area contributed by atoms with Gasteiger partial charge in [-0.15, -0.1) is 0 Å². The second-order valence-electron chi connectivity index (χ2n) is 7.92. The maximum atomic E-state index is 12.7. The van der Waals surface area contributed by atoms with Crippen LogP contribution in [0.5, 0.6) is 0 Å². The summed E-state index contributed by atoms with van der Waals surface area (Å²) in [6, 6.07) is 7.97. The number of hydrogen-bond acceptors (Lipinski definition) is 6. The molecule has 2 amide bonds. The molecule has 1 fully saturated rings.